The predicted molar refractivity (Wildman–Crippen MR) is 71.0 cm³/mol. The lowest BCUT2D eigenvalue weighted by Gasteiger charge is -2.17. The van der Waals surface area contributed by atoms with Crippen LogP contribution in [0.25, 0.3) is 0 Å². The van der Waals surface area contributed by atoms with Gasteiger partial charge in [0.05, 0.1) is 6.04 Å². The number of hydrogen-bond acceptors (Lipinski definition) is 3. The molecular weight excluding hydrogens is 232 g/mol. The van der Waals surface area contributed by atoms with Gasteiger partial charge in [0, 0.05) is 17.5 Å². The SMILES string of the molecule is CC(NCc1cccs1)C(=O)NC1CCCC1. The van der Waals surface area contributed by atoms with Crippen LogP contribution in [0.15, 0.2) is 17.5 Å². The molecule has 0 aromatic carbocycles. The molecule has 1 aliphatic rings. The second-order valence-electron chi connectivity index (χ2n) is 4.67. The van der Waals surface area contributed by atoms with Crippen LogP contribution in [-0.4, -0.2) is 18.0 Å². The summed E-state index contributed by atoms with van der Waals surface area (Å²) in [5, 5.41) is 8.42. The second-order valence-corrected chi connectivity index (χ2v) is 5.70. The van der Waals surface area contributed by atoms with E-state index in [1.165, 1.54) is 17.7 Å². The molecule has 0 spiro atoms. The summed E-state index contributed by atoms with van der Waals surface area (Å²) < 4.78 is 0. The van der Waals surface area contributed by atoms with Crippen LogP contribution < -0.4 is 10.6 Å². The number of carbonyl (C=O) groups is 1. The fourth-order valence-corrected chi connectivity index (χ4v) is 2.81. The van der Waals surface area contributed by atoms with Gasteiger partial charge in [-0.25, -0.2) is 0 Å². The van der Waals surface area contributed by atoms with Crippen molar-refractivity contribution in [1.82, 2.24) is 10.6 Å². The molecule has 0 saturated heterocycles. The number of rotatable bonds is 5. The topological polar surface area (TPSA) is 41.1 Å². The Morgan fingerprint density at radius 2 is 2.29 bits per heavy atom. The molecule has 0 bridgehead atoms. The normalized spacial score (nSPS) is 18.2. The molecule has 94 valence electrons. The number of carbonyl (C=O) groups excluding carboxylic acids is 1. The largest absolute Gasteiger partial charge is 0.352 e. The van der Waals surface area contributed by atoms with Crippen molar-refractivity contribution >= 4 is 17.2 Å². The van der Waals surface area contributed by atoms with E-state index in [-0.39, 0.29) is 11.9 Å². The summed E-state index contributed by atoms with van der Waals surface area (Å²) in [6.45, 7) is 2.70. The Kier molecular flexibility index (Phi) is 4.57. The molecule has 4 heteroatoms. The third kappa shape index (κ3) is 3.82. The Morgan fingerprint density at radius 1 is 1.53 bits per heavy atom. The quantitative estimate of drug-likeness (QED) is 0.844. The van der Waals surface area contributed by atoms with E-state index in [0.29, 0.717) is 6.04 Å². The maximum absolute atomic E-state index is 11.9. The van der Waals surface area contributed by atoms with E-state index in [0.717, 1.165) is 19.4 Å². The highest BCUT2D eigenvalue weighted by molar-refractivity contribution is 7.09. The Hall–Kier alpha value is -0.870. The van der Waals surface area contributed by atoms with E-state index >= 15 is 0 Å². The first-order valence-corrected chi connectivity index (χ1v) is 7.20. The average molecular weight is 252 g/mol. The van der Waals surface area contributed by atoms with Crippen molar-refractivity contribution in [2.24, 2.45) is 0 Å². The third-order valence-corrected chi connectivity index (χ3v) is 4.13. The van der Waals surface area contributed by atoms with Gasteiger partial charge in [-0.2, -0.15) is 0 Å². The van der Waals surface area contributed by atoms with Gasteiger partial charge in [0.1, 0.15) is 0 Å². The molecular formula is C13H20N2OS. The van der Waals surface area contributed by atoms with Crippen molar-refractivity contribution in [2.45, 2.75) is 51.2 Å². The van der Waals surface area contributed by atoms with E-state index < -0.39 is 0 Å². The molecule has 1 fully saturated rings. The summed E-state index contributed by atoms with van der Waals surface area (Å²) >= 11 is 1.72. The van der Waals surface area contributed by atoms with Gasteiger partial charge < -0.3 is 10.6 Å². The van der Waals surface area contributed by atoms with E-state index in [1.54, 1.807) is 11.3 Å². The minimum absolute atomic E-state index is 0.113. The van der Waals surface area contributed by atoms with Gasteiger partial charge in [0.15, 0.2) is 0 Å². The van der Waals surface area contributed by atoms with Gasteiger partial charge in [-0.05, 0) is 31.2 Å². The van der Waals surface area contributed by atoms with Crippen LogP contribution >= 0.6 is 11.3 Å². The van der Waals surface area contributed by atoms with Crippen LogP contribution in [0.5, 0.6) is 0 Å². The minimum Gasteiger partial charge on any atom is -0.352 e. The van der Waals surface area contributed by atoms with Crippen LogP contribution in [0.3, 0.4) is 0 Å². The Labute approximate surface area is 107 Å². The standard InChI is InChI=1S/C13H20N2OS/c1-10(14-9-12-7-4-8-17-12)13(16)15-11-5-2-3-6-11/h4,7-8,10-11,14H,2-3,5-6,9H2,1H3,(H,15,16). The zero-order valence-electron chi connectivity index (χ0n) is 10.2. The van der Waals surface area contributed by atoms with E-state index in [9.17, 15) is 4.79 Å². The van der Waals surface area contributed by atoms with E-state index in [4.69, 9.17) is 0 Å². The van der Waals surface area contributed by atoms with Crippen LogP contribution in [0.2, 0.25) is 0 Å². The van der Waals surface area contributed by atoms with Crippen LogP contribution in [0.1, 0.15) is 37.5 Å². The molecule has 3 nitrogen and oxygen atoms in total. The first-order chi connectivity index (χ1) is 8.25. The number of thiophene rings is 1. The first kappa shape index (κ1) is 12.6. The van der Waals surface area contributed by atoms with Crippen molar-refractivity contribution in [3.63, 3.8) is 0 Å². The number of nitrogens with one attached hydrogen (secondary N) is 2. The second kappa shape index (κ2) is 6.17. The molecule has 1 atom stereocenters. The van der Waals surface area contributed by atoms with Crippen molar-refractivity contribution < 1.29 is 4.79 Å². The molecule has 1 amide bonds. The number of amides is 1. The molecule has 17 heavy (non-hydrogen) atoms. The minimum atomic E-state index is -0.113. The van der Waals surface area contributed by atoms with Crippen molar-refractivity contribution in [1.29, 1.82) is 0 Å². The zero-order valence-corrected chi connectivity index (χ0v) is 11.1. The van der Waals surface area contributed by atoms with Crippen molar-refractivity contribution in [3.05, 3.63) is 22.4 Å². The van der Waals surface area contributed by atoms with Crippen molar-refractivity contribution in [3.8, 4) is 0 Å². The lowest BCUT2D eigenvalue weighted by molar-refractivity contribution is -0.123. The van der Waals surface area contributed by atoms with Gasteiger partial charge in [0.25, 0.3) is 0 Å². The van der Waals surface area contributed by atoms with Crippen LogP contribution in [0.4, 0.5) is 0 Å². The molecule has 1 saturated carbocycles. The number of hydrogen-bond donors (Lipinski definition) is 2. The highest BCUT2D eigenvalue weighted by atomic mass is 32.1. The third-order valence-electron chi connectivity index (χ3n) is 3.26. The van der Waals surface area contributed by atoms with Gasteiger partial charge in [0.2, 0.25) is 5.91 Å². The molecule has 1 heterocycles. The molecule has 1 aromatic rings. The highest BCUT2D eigenvalue weighted by Gasteiger charge is 2.20. The summed E-state index contributed by atoms with van der Waals surface area (Å²) in [6, 6.07) is 4.41. The van der Waals surface area contributed by atoms with Gasteiger partial charge >= 0.3 is 0 Å². The molecule has 2 N–H and O–H groups in total. The molecule has 1 aromatic heterocycles. The summed E-state index contributed by atoms with van der Waals surface area (Å²) in [5.74, 6) is 0.133. The van der Waals surface area contributed by atoms with E-state index in [1.807, 2.05) is 13.0 Å². The van der Waals surface area contributed by atoms with Gasteiger partial charge in [-0.3, -0.25) is 4.79 Å². The summed E-state index contributed by atoms with van der Waals surface area (Å²) in [6.07, 6.45) is 4.79. The fraction of sp³-hybridized carbons (Fsp3) is 0.615. The monoisotopic (exact) mass is 252 g/mol. The molecule has 1 unspecified atom stereocenters. The Balaban J connectivity index is 1.71. The fourth-order valence-electron chi connectivity index (χ4n) is 2.16. The maximum Gasteiger partial charge on any atom is 0.237 e. The smallest absolute Gasteiger partial charge is 0.237 e. The average Bonchev–Trinajstić information content (AvgIpc) is 2.98. The van der Waals surface area contributed by atoms with Gasteiger partial charge in [-0.1, -0.05) is 18.9 Å². The lowest BCUT2D eigenvalue weighted by atomic mass is 10.2. The van der Waals surface area contributed by atoms with Crippen molar-refractivity contribution in [2.75, 3.05) is 0 Å². The predicted octanol–water partition coefficient (Wildman–Crippen LogP) is 2.29. The Bertz CT molecular complexity index is 344. The zero-order chi connectivity index (χ0) is 12.1. The van der Waals surface area contributed by atoms with Crippen LogP contribution in [-0.2, 0) is 11.3 Å². The van der Waals surface area contributed by atoms with Crippen LogP contribution in [0, 0.1) is 0 Å². The first-order valence-electron chi connectivity index (χ1n) is 6.32. The summed E-state index contributed by atoms with van der Waals surface area (Å²) in [7, 11) is 0. The molecule has 2 rings (SSSR count). The lowest BCUT2D eigenvalue weighted by Crippen LogP contribution is -2.45. The van der Waals surface area contributed by atoms with E-state index in [2.05, 4.69) is 22.1 Å². The molecule has 0 aliphatic heterocycles. The highest BCUT2D eigenvalue weighted by Crippen LogP contribution is 2.17. The molecule has 1 aliphatic carbocycles. The Morgan fingerprint density at radius 3 is 2.94 bits per heavy atom. The summed E-state index contributed by atoms with van der Waals surface area (Å²) in [5.41, 5.74) is 0. The maximum atomic E-state index is 11.9. The summed E-state index contributed by atoms with van der Waals surface area (Å²) in [4.78, 5) is 13.2. The molecule has 0 radical (unpaired) electrons. The van der Waals surface area contributed by atoms with Gasteiger partial charge in [-0.15, -0.1) is 11.3 Å².